The van der Waals surface area contributed by atoms with E-state index < -0.39 is 0 Å². The van der Waals surface area contributed by atoms with Gasteiger partial charge in [0.25, 0.3) is 0 Å². The SMILES string of the molecule is CCCC(NC(C)C(=O)Nc1ccc(F)cc1)c1ccccc1. The van der Waals surface area contributed by atoms with Crippen LogP contribution in [0, 0.1) is 5.82 Å². The van der Waals surface area contributed by atoms with Gasteiger partial charge in [0.05, 0.1) is 6.04 Å². The number of hydrogen-bond acceptors (Lipinski definition) is 2. The molecule has 2 atom stereocenters. The highest BCUT2D eigenvalue weighted by Crippen LogP contribution is 2.19. The molecule has 1 amide bonds. The average Bonchev–Trinajstić information content (AvgIpc) is 2.57. The third kappa shape index (κ3) is 5.18. The Kier molecular flexibility index (Phi) is 6.29. The number of carbonyl (C=O) groups excluding carboxylic acids is 1. The van der Waals surface area contributed by atoms with Crippen molar-refractivity contribution in [2.24, 2.45) is 0 Å². The Morgan fingerprint density at radius 2 is 1.74 bits per heavy atom. The highest BCUT2D eigenvalue weighted by Gasteiger charge is 2.18. The number of benzene rings is 2. The van der Waals surface area contributed by atoms with Crippen molar-refractivity contribution in [1.29, 1.82) is 0 Å². The van der Waals surface area contributed by atoms with Crippen LogP contribution < -0.4 is 10.6 Å². The number of hydrogen-bond donors (Lipinski definition) is 2. The van der Waals surface area contributed by atoms with Crippen LogP contribution in [0.15, 0.2) is 54.6 Å². The molecular formula is C19H23FN2O. The lowest BCUT2D eigenvalue weighted by Gasteiger charge is -2.23. The predicted octanol–water partition coefficient (Wildman–Crippen LogP) is 4.28. The maximum atomic E-state index is 12.9. The molecule has 23 heavy (non-hydrogen) atoms. The average molecular weight is 314 g/mol. The first-order chi connectivity index (χ1) is 11.1. The van der Waals surface area contributed by atoms with Gasteiger partial charge < -0.3 is 5.32 Å². The van der Waals surface area contributed by atoms with Crippen LogP contribution in [0.4, 0.5) is 10.1 Å². The van der Waals surface area contributed by atoms with Crippen LogP contribution in [0.25, 0.3) is 0 Å². The summed E-state index contributed by atoms with van der Waals surface area (Å²) < 4.78 is 12.9. The van der Waals surface area contributed by atoms with Crippen LogP contribution >= 0.6 is 0 Å². The molecule has 2 unspecified atom stereocenters. The van der Waals surface area contributed by atoms with E-state index >= 15 is 0 Å². The van der Waals surface area contributed by atoms with E-state index in [1.165, 1.54) is 17.7 Å². The molecule has 2 N–H and O–H groups in total. The Bertz CT molecular complexity index is 613. The first-order valence-electron chi connectivity index (χ1n) is 7.97. The first-order valence-corrected chi connectivity index (χ1v) is 7.97. The third-order valence-electron chi connectivity index (χ3n) is 3.74. The fourth-order valence-electron chi connectivity index (χ4n) is 2.48. The molecule has 0 aliphatic heterocycles. The zero-order valence-electron chi connectivity index (χ0n) is 13.6. The normalized spacial score (nSPS) is 13.3. The maximum Gasteiger partial charge on any atom is 0.241 e. The van der Waals surface area contributed by atoms with Crippen LogP contribution in [0.3, 0.4) is 0 Å². The van der Waals surface area contributed by atoms with Crippen LogP contribution in [0.5, 0.6) is 0 Å². The van der Waals surface area contributed by atoms with E-state index in [9.17, 15) is 9.18 Å². The summed E-state index contributed by atoms with van der Waals surface area (Å²) in [6.45, 7) is 3.96. The van der Waals surface area contributed by atoms with E-state index in [0.29, 0.717) is 5.69 Å². The molecular weight excluding hydrogens is 291 g/mol. The van der Waals surface area contributed by atoms with Gasteiger partial charge in [-0.15, -0.1) is 0 Å². The van der Waals surface area contributed by atoms with Crippen LogP contribution in [-0.4, -0.2) is 11.9 Å². The van der Waals surface area contributed by atoms with Gasteiger partial charge in [-0.25, -0.2) is 4.39 Å². The molecule has 0 spiro atoms. The van der Waals surface area contributed by atoms with Gasteiger partial charge in [-0.05, 0) is 43.2 Å². The molecule has 0 heterocycles. The van der Waals surface area contributed by atoms with Gasteiger partial charge in [0.15, 0.2) is 0 Å². The van der Waals surface area contributed by atoms with Gasteiger partial charge in [0, 0.05) is 11.7 Å². The lowest BCUT2D eigenvalue weighted by molar-refractivity contribution is -0.118. The maximum absolute atomic E-state index is 12.9. The molecule has 0 aromatic heterocycles. The fourth-order valence-corrected chi connectivity index (χ4v) is 2.48. The zero-order chi connectivity index (χ0) is 16.7. The standard InChI is InChI=1S/C19H23FN2O/c1-3-7-18(15-8-5-4-6-9-15)21-14(2)19(23)22-17-12-10-16(20)11-13-17/h4-6,8-14,18,21H,3,7H2,1-2H3,(H,22,23). The van der Waals surface area contributed by atoms with Crippen molar-refractivity contribution in [1.82, 2.24) is 5.32 Å². The number of rotatable bonds is 7. The van der Waals surface area contributed by atoms with E-state index in [1.54, 1.807) is 12.1 Å². The topological polar surface area (TPSA) is 41.1 Å². The summed E-state index contributed by atoms with van der Waals surface area (Å²) in [7, 11) is 0. The van der Waals surface area contributed by atoms with Gasteiger partial charge in [0.2, 0.25) is 5.91 Å². The van der Waals surface area contributed by atoms with E-state index in [2.05, 4.69) is 29.7 Å². The highest BCUT2D eigenvalue weighted by atomic mass is 19.1. The minimum atomic E-state index is -0.350. The molecule has 0 bridgehead atoms. The van der Waals surface area contributed by atoms with Gasteiger partial charge in [0.1, 0.15) is 5.82 Å². The van der Waals surface area contributed by atoms with Crippen molar-refractivity contribution in [2.75, 3.05) is 5.32 Å². The lowest BCUT2D eigenvalue weighted by Crippen LogP contribution is -2.40. The zero-order valence-corrected chi connectivity index (χ0v) is 13.6. The number of nitrogens with one attached hydrogen (secondary N) is 2. The van der Waals surface area contributed by atoms with E-state index in [4.69, 9.17) is 0 Å². The third-order valence-corrected chi connectivity index (χ3v) is 3.74. The summed E-state index contributed by atoms with van der Waals surface area (Å²) in [5.41, 5.74) is 1.77. The lowest BCUT2D eigenvalue weighted by atomic mass is 10.0. The Morgan fingerprint density at radius 3 is 2.35 bits per heavy atom. The number of halogens is 1. The summed E-state index contributed by atoms with van der Waals surface area (Å²) in [4.78, 5) is 12.3. The van der Waals surface area contributed by atoms with Gasteiger partial charge in [-0.2, -0.15) is 0 Å². The van der Waals surface area contributed by atoms with E-state index in [1.807, 2.05) is 25.1 Å². The van der Waals surface area contributed by atoms with Crippen molar-refractivity contribution in [2.45, 2.75) is 38.8 Å². The molecule has 0 radical (unpaired) electrons. The van der Waals surface area contributed by atoms with Crippen molar-refractivity contribution in [3.8, 4) is 0 Å². The van der Waals surface area contributed by atoms with Crippen LogP contribution in [0.1, 0.15) is 38.3 Å². The molecule has 2 rings (SSSR count). The van der Waals surface area contributed by atoms with Crippen molar-refractivity contribution < 1.29 is 9.18 Å². The van der Waals surface area contributed by atoms with Crippen molar-refractivity contribution in [3.63, 3.8) is 0 Å². The minimum Gasteiger partial charge on any atom is -0.325 e. The number of carbonyl (C=O) groups is 1. The molecule has 0 aliphatic rings. The molecule has 3 nitrogen and oxygen atoms in total. The van der Waals surface area contributed by atoms with Crippen molar-refractivity contribution >= 4 is 11.6 Å². The second kappa shape index (κ2) is 8.44. The molecule has 0 fully saturated rings. The molecule has 4 heteroatoms. The first kappa shape index (κ1) is 17.2. The smallest absolute Gasteiger partial charge is 0.241 e. The summed E-state index contributed by atoms with van der Waals surface area (Å²) >= 11 is 0. The minimum absolute atomic E-state index is 0.131. The second-order valence-electron chi connectivity index (χ2n) is 5.64. The molecule has 0 saturated heterocycles. The predicted molar refractivity (Wildman–Crippen MR) is 91.7 cm³/mol. The molecule has 2 aromatic carbocycles. The Hall–Kier alpha value is -2.20. The van der Waals surface area contributed by atoms with Crippen molar-refractivity contribution in [3.05, 3.63) is 66.0 Å². The molecule has 0 aliphatic carbocycles. The summed E-state index contributed by atoms with van der Waals surface area (Å²) in [5, 5.41) is 6.18. The molecule has 122 valence electrons. The summed E-state index contributed by atoms with van der Waals surface area (Å²) in [6.07, 6.45) is 1.98. The number of amides is 1. The quantitative estimate of drug-likeness (QED) is 0.800. The van der Waals surface area contributed by atoms with E-state index in [0.717, 1.165) is 12.8 Å². The Labute approximate surface area is 136 Å². The Morgan fingerprint density at radius 1 is 1.09 bits per heavy atom. The molecule has 2 aromatic rings. The fraction of sp³-hybridized carbons (Fsp3) is 0.316. The highest BCUT2D eigenvalue weighted by molar-refractivity contribution is 5.94. The second-order valence-corrected chi connectivity index (χ2v) is 5.64. The van der Waals surface area contributed by atoms with Gasteiger partial charge in [-0.1, -0.05) is 43.7 Å². The largest absolute Gasteiger partial charge is 0.325 e. The van der Waals surface area contributed by atoms with Gasteiger partial charge in [-0.3, -0.25) is 10.1 Å². The van der Waals surface area contributed by atoms with E-state index in [-0.39, 0.29) is 23.8 Å². The number of anilines is 1. The van der Waals surface area contributed by atoms with Gasteiger partial charge >= 0.3 is 0 Å². The monoisotopic (exact) mass is 314 g/mol. The van der Waals surface area contributed by atoms with Crippen LogP contribution in [0.2, 0.25) is 0 Å². The molecule has 0 saturated carbocycles. The summed E-state index contributed by atoms with van der Waals surface area (Å²) in [5.74, 6) is -0.449. The Balaban J connectivity index is 1.99. The van der Waals surface area contributed by atoms with Crippen LogP contribution in [-0.2, 0) is 4.79 Å². The summed E-state index contributed by atoms with van der Waals surface area (Å²) in [6, 6.07) is 15.7.